The minimum absolute atomic E-state index is 0.121. The molecular formula is C18H18ClNO4. The summed E-state index contributed by atoms with van der Waals surface area (Å²) in [5.41, 5.74) is 7.29. The van der Waals surface area contributed by atoms with Crippen molar-refractivity contribution in [3.8, 4) is 5.75 Å². The van der Waals surface area contributed by atoms with Crippen LogP contribution >= 0.6 is 11.6 Å². The molecule has 0 heterocycles. The van der Waals surface area contributed by atoms with Crippen molar-refractivity contribution in [3.63, 3.8) is 0 Å². The number of carbonyl (C=O) groups excluding carboxylic acids is 1. The third-order valence-electron chi connectivity index (χ3n) is 3.73. The summed E-state index contributed by atoms with van der Waals surface area (Å²) in [5, 5.41) is 9.38. The van der Waals surface area contributed by atoms with Crippen LogP contribution in [0, 0.1) is 0 Å². The van der Waals surface area contributed by atoms with Crippen LogP contribution < -0.4 is 10.5 Å². The van der Waals surface area contributed by atoms with E-state index in [1.165, 1.54) is 13.2 Å². The highest BCUT2D eigenvalue weighted by Gasteiger charge is 2.25. The van der Waals surface area contributed by atoms with Crippen molar-refractivity contribution < 1.29 is 19.4 Å². The predicted molar refractivity (Wildman–Crippen MR) is 92.8 cm³/mol. The Morgan fingerprint density at radius 2 is 1.88 bits per heavy atom. The van der Waals surface area contributed by atoms with Crippen molar-refractivity contribution in [2.45, 2.75) is 18.8 Å². The lowest BCUT2D eigenvalue weighted by atomic mass is 9.86. The number of halogens is 1. The number of nitrogen functional groups attached to an aromatic ring is 1. The molecule has 0 bridgehead atoms. The molecule has 0 fully saturated rings. The van der Waals surface area contributed by atoms with Gasteiger partial charge in [0.2, 0.25) is 0 Å². The molecule has 2 rings (SSSR count). The average molecular weight is 348 g/mol. The van der Waals surface area contributed by atoms with Crippen molar-refractivity contribution >= 4 is 29.0 Å². The lowest BCUT2D eigenvalue weighted by Crippen LogP contribution is -2.16. The summed E-state index contributed by atoms with van der Waals surface area (Å²) in [6.07, 6.45) is 0.0530. The second-order valence-corrected chi connectivity index (χ2v) is 5.80. The Kier molecular flexibility index (Phi) is 5.82. The smallest absolute Gasteiger partial charge is 0.303 e. The molecule has 0 aliphatic carbocycles. The van der Waals surface area contributed by atoms with Crippen LogP contribution in [0.1, 0.15) is 34.7 Å². The molecule has 1 unspecified atom stereocenters. The van der Waals surface area contributed by atoms with Crippen molar-refractivity contribution in [2.75, 3.05) is 12.8 Å². The van der Waals surface area contributed by atoms with Crippen LogP contribution in [0.15, 0.2) is 42.5 Å². The van der Waals surface area contributed by atoms with Gasteiger partial charge in [0.1, 0.15) is 5.75 Å². The number of nitrogens with two attached hydrogens (primary N) is 1. The highest BCUT2D eigenvalue weighted by atomic mass is 35.5. The number of carboxylic acid groups (broad SMARTS) is 1. The van der Waals surface area contributed by atoms with Gasteiger partial charge in [0.05, 0.1) is 12.7 Å². The van der Waals surface area contributed by atoms with E-state index in [0.717, 1.165) is 0 Å². The van der Waals surface area contributed by atoms with Crippen LogP contribution in [0.5, 0.6) is 5.75 Å². The molecule has 0 saturated carbocycles. The number of ketones is 1. The summed E-state index contributed by atoms with van der Waals surface area (Å²) in [6.45, 7) is 0. The summed E-state index contributed by atoms with van der Waals surface area (Å²) in [4.78, 5) is 24.0. The first-order chi connectivity index (χ1) is 11.4. The molecule has 126 valence electrons. The largest absolute Gasteiger partial charge is 0.496 e. The number of rotatable bonds is 7. The van der Waals surface area contributed by atoms with Crippen LogP contribution in [0.25, 0.3) is 0 Å². The lowest BCUT2D eigenvalue weighted by molar-refractivity contribution is -0.137. The molecule has 0 saturated heterocycles. The molecule has 2 aromatic rings. The molecule has 5 nitrogen and oxygen atoms in total. The Balaban J connectivity index is 2.42. The Hall–Kier alpha value is -2.53. The number of ether oxygens (including phenoxy) is 1. The van der Waals surface area contributed by atoms with E-state index in [1.54, 1.807) is 36.4 Å². The van der Waals surface area contributed by atoms with Gasteiger partial charge >= 0.3 is 5.97 Å². The normalized spacial score (nSPS) is 11.8. The van der Waals surface area contributed by atoms with E-state index in [-0.39, 0.29) is 18.6 Å². The van der Waals surface area contributed by atoms with E-state index in [9.17, 15) is 9.59 Å². The molecule has 0 spiro atoms. The quantitative estimate of drug-likeness (QED) is 0.588. The van der Waals surface area contributed by atoms with Crippen LogP contribution in [0.2, 0.25) is 5.02 Å². The van der Waals surface area contributed by atoms with E-state index in [2.05, 4.69) is 0 Å². The second-order valence-electron chi connectivity index (χ2n) is 5.36. The third-order valence-corrected chi connectivity index (χ3v) is 3.96. The first kappa shape index (κ1) is 17.8. The number of hydrogen-bond donors (Lipinski definition) is 2. The molecule has 0 aromatic heterocycles. The maximum atomic E-state index is 13.0. The van der Waals surface area contributed by atoms with E-state index in [0.29, 0.717) is 27.6 Å². The van der Waals surface area contributed by atoms with Crippen LogP contribution in [-0.2, 0) is 4.79 Å². The molecule has 0 radical (unpaired) electrons. The zero-order valence-corrected chi connectivity index (χ0v) is 13.9. The van der Waals surface area contributed by atoms with Gasteiger partial charge in [0, 0.05) is 23.0 Å². The summed E-state index contributed by atoms with van der Waals surface area (Å²) in [7, 11) is 1.47. The summed E-state index contributed by atoms with van der Waals surface area (Å²) < 4.78 is 5.24. The third kappa shape index (κ3) is 4.26. The highest BCUT2D eigenvalue weighted by molar-refractivity contribution is 6.31. The topological polar surface area (TPSA) is 89.6 Å². The molecule has 0 aliphatic rings. The molecule has 0 aliphatic heterocycles. The fourth-order valence-electron chi connectivity index (χ4n) is 2.51. The number of benzene rings is 2. The first-order valence-electron chi connectivity index (χ1n) is 7.37. The molecule has 0 amide bonds. The molecule has 24 heavy (non-hydrogen) atoms. The zero-order valence-electron chi connectivity index (χ0n) is 13.2. The van der Waals surface area contributed by atoms with Gasteiger partial charge in [-0.25, -0.2) is 0 Å². The van der Waals surface area contributed by atoms with Gasteiger partial charge in [0.15, 0.2) is 5.78 Å². The second kappa shape index (κ2) is 7.84. The van der Waals surface area contributed by atoms with Crippen molar-refractivity contribution in [1.29, 1.82) is 0 Å². The number of Topliss-reactive ketones (excluding diaryl/α,β-unsaturated/α-hetero) is 1. The first-order valence-corrected chi connectivity index (χ1v) is 7.75. The lowest BCUT2D eigenvalue weighted by Gasteiger charge is -2.17. The van der Waals surface area contributed by atoms with E-state index < -0.39 is 11.9 Å². The van der Waals surface area contributed by atoms with E-state index in [1.807, 2.05) is 0 Å². The molecule has 2 aromatic carbocycles. The Labute approximate surface area is 145 Å². The maximum Gasteiger partial charge on any atom is 0.303 e. The Morgan fingerprint density at radius 3 is 2.46 bits per heavy atom. The van der Waals surface area contributed by atoms with Gasteiger partial charge in [-0.3, -0.25) is 9.59 Å². The number of hydrogen-bond acceptors (Lipinski definition) is 4. The van der Waals surface area contributed by atoms with Gasteiger partial charge in [-0.05, 0) is 42.3 Å². The predicted octanol–water partition coefficient (Wildman–Crippen LogP) is 3.76. The van der Waals surface area contributed by atoms with Gasteiger partial charge < -0.3 is 15.6 Å². The molecular weight excluding hydrogens is 330 g/mol. The number of anilines is 1. The summed E-state index contributed by atoms with van der Waals surface area (Å²) in [6, 6.07) is 11.6. The van der Waals surface area contributed by atoms with Crippen molar-refractivity contribution in [2.24, 2.45) is 0 Å². The van der Waals surface area contributed by atoms with Gasteiger partial charge in [-0.15, -0.1) is 0 Å². The Bertz CT molecular complexity index is 743. The number of methoxy groups -OCH3 is 1. The molecule has 6 heteroatoms. The van der Waals surface area contributed by atoms with Gasteiger partial charge in [-0.1, -0.05) is 23.7 Å². The van der Waals surface area contributed by atoms with Gasteiger partial charge in [0.25, 0.3) is 0 Å². The van der Waals surface area contributed by atoms with Crippen LogP contribution in [0.3, 0.4) is 0 Å². The SMILES string of the molecule is COc1ccc(Cl)cc1C(=O)C(CCC(=O)O)c1ccc(N)cc1. The minimum Gasteiger partial charge on any atom is -0.496 e. The summed E-state index contributed by atoms with van der Waals surface area (Å²) >= 11 is 6.00. The van der Waals surface area contributed by atoms with Crippen LogP contribution in [-0.4, -0.2) is 24.0 Å². The maximum absolute atomic E-state index is 13.0. The van der Waals surface area contributed by atoms with Crippen molar-refractivity contribution in [3.05, 3.63) is 58.6 Å². The minimum atomic E-state index is -0.957. The van der Waals surface area contributed by atoms with Gasteiger partial charge in [-0.2, -0.15) is 0 Å². The van der Waals surface area contributed by atoms with E-state index >= 15 is 0 Å². The molecule has 1 atom stereocenters. The zero-order chi connectivity index (χ0) is 17.7. The van der Waals surface area contributed by atoms with Crippen LogP contribution in [0.4, 0.5) is 5.69 Å². The number of aliphatic carboxylic acids is 1. The number of carboxylic acids is 1. The van der Waals surface area contributed by atoms with E-state index in [4.69, 9.17) is 27.2 Å². The fraction of sp³-hybridized carbons (Fsp3) is 0.222. The standard InChI is InChI=1S/C18H18ClNO4/c1-24-16-8-4-12(19)10-15(16)18(23)14(7-9-17(21)22)11-2-5-13(20)6-3-11/h2-6,8,10,14H,7,9,20H2,1H3,(H,21,22). The van der Waals surface area contributed by atoms with Crippen molar-refractivity contribution in [1.82, 2.24) is 0 Å². The fourth-order valence-corrected chi connectivity index (χ4v) is 2.68. The summed E-state index contributed by atoms with van der Waals surface area (Å²) in [5.74, 6) is -1.41. The highest BCUT2D eigenvalue weighted by Crippen LogP contribution is 2.32. The average Bonchev–Trinajstić information content (AvgIpc) is 2.56. The monoisotopic (exact) mass is 347 g/mol. The Morgan fingerprint density at radius 1 is 1.21 bits per heavy atom. The number of carbonyl (C=O) groups is 2. The molecule has 3 N–H and O–H groups in total.